The quantitative estimate of drug-likeness (QED) is 0.196. The van der Waals surface area contributed by atoms with Gasteiger partial charge in [0.2, 0.25) is 8.41 Å². The Morgan fingerprint density at radius 1 is 1.17 bits per heavy atom. The van der Waals surface area contributed by atoms with E-state index in [4.69, 9.17) is 9.47 Å². The van der Waals surface area contributed by atoms with Crippen molar-refractivity contribution in [2.75, 3.05) is 18.6 Å². The molecule has 2 aliphatic rings. The lowest BCUT2D eigenvalue weighted by Crippen LogP contribution is -2.46. The van der Waals surface area contributed by atoms with Gasteiger partial charge in [0, 0.05) is 61.0 Å². The number of aliphatic hydroxyl groups excluding tert-OH is 1. The highest BCUT2D eigenvalue weighted by Crippen LogP contribution is 2.49. The minimum atomic E-state index is -3.18. The molecule has 4 aromatic rings. The number of nitrogens with zero attached hydrogens (tertiary/aromatic N) is 4. The summed E-state index contributed by atoms with van der Waals surface area (Å²) in [7, 11) is -1.51. The summed E-state index contributed by atoms with van der Waals surface area (Å²) in [6.07, 6.45) is 2.06. The second kappa shape index (κ2) is 10.7. The standard InChI is InChI=1S/C31H35FN4O4Si/c1-19-29(39-2)24-17-22(36-25-10-6-8-20-7-5-9-23(28(20)25)31(36)38)11-12-26(24)40-30(19)27(41(3,4)32)13-15-35-18-21(14-16-37)33-34-35/h5-12,17-19,27,29-30,37H,13-16H2,1-4H3/t19-,27?,29-,30-/m1/s1. The summed E-state index contributed by atoms with van der Waals surface area (Å²) in [5.74, 6) is 0.458. The molecular weight excluding hydrogens is 539 g/mol. The maximum absolute atomic E-state index is 15.9. The molecule has 41 heavy (non-hydrogen) atoms. The first-order valence-electron chi connectivity index (χ1n) is 14.1. The topological polar surface area (TPSA) is 89.7 Å². The van der Waals surface area contributed by atoms with Crippen molar-refractivity contribution in [3.63, 3.8) is 0 Å². The van der Waals surface area contributed by atoms with Gasteiger partial charge in [0.05, 0.1) is 23.0 Å². The van der Waals surface area contributed by atoms with Crippen molar-refractivity contribution in [1.29, 1.82) is 0 Å². The van der Waals surface area contributed by atoms with E-state index in [-0.39, 0.29) is 30.1 Å². The number of carbonyl (C=O) groups is 1. The molecule has 8 nitrogen and oxygen atoms in total. The molecule has 0 aliphatic carbocycles. The van der Waals surface area contributed by atoms with E-state index < -0.39 is 14.5 Å². The molecule has 0 fully saturated rings. The zero-order chi connectivity index (χ0) is 28.9. The number of methoxy groups -OCH3 is 1. The Bertz CT molecular complexity index is 1600. The molecule has 1 unspecified atom stereocenters. The third-order valence-corrected chi connectivity index (χ3v) is 10.9. The molecule has 3 heterocycles. The van der Waals surface area contributed by atoms with E-state index in [2.05, 4.69) is 10.3 Å². The summed E-state index contributed by atoms with van der Waals surface area (Å²) in [5, 5.41) is 19.4. The van der Waals surface area contributed by atoms with Crippen LogP contribution in [0.3, 0.4) is 0 Å². The Hall–Kier alpha value is -3.60. The predicted octanol–water partition coefficient (Wildman–Crippen LogP) is 5.98. The van der Waals surface area contributed by atoms with E-state index in [1.54, 1.807) is 36.0 Å². The normalized spacial score (nSPS) is 20.8. The summed E-state index contributed by atoms with van der Waals surface area (Å²) in [6.45, 7) is 6.01. The Labute approximate surface area is 239 Å². The molecular formula is C31H35FN4O4Si. The zero-order valence-corrected chi connectivity index (χ0v) is 24.8. The van der Waals surface area contributed by atoms with Crippen LogP contribution in [0.15, 0.2) is 60.8 Å². The molecule has 3 aromatic carbocycles. The van der Waals surface area contributed by atoms with Crippen LogP contribution in [0, 0.1) is 5.92 Å². The third-order valence-electron chi connectivity index (χ3n) is 8.53. The number of anilines is 2. The zero-order valence-electron chi connectivity index (χ0n) is 23.8. The number of ether oxygens (including phenoxy) is 2. The van der Waals surface area contributed by atoms with Crippen molar-refractivity contribution >= 4 is 36.5 Å². The third kappa shape index (κ3) is 4.83. The van der Waals surface area contributed by atoms with Crippen molar-refractivity contribution in [2.24, 2.45) is 5.92 Å². The lowest BCUT2D eigenvalue weighted by atomic mass is 9.86. The van der Waals surface area contributed by atoms with Gasteiger partial charge in [0.15, 0.2) is 0 Å². The molecule has 1 aromatic heterocycles. The van der Waals surface area contributed by atoms with Crippen LogP contribution in [-0.4, -0.2) is 54.2 Å². The number of rotatable bonds is 9. The first kappa shape index (κ1) is 27.6. The van der Waals surface area contributed by atoms with Crippen molar-refractivity contribution in [1.82, 2.24) is 15.0 Å². The number of hydrogen-bond donors (Lipinski definition) is 1. The maximum Gasteiger partial charge on any atom is 0.263 e. The summed E-state index contributed by atoms with van der Waals surface area (Å²) >= 11 is 0. The number of carbonyl (C=O) groups excluding carboxylic acids is 1. The van der Waals surface area contributed by atoms with Gasteiger partial charge >= 0.3 is 0 Å². The van der Waals surface area contributed by atoms with Crippen LogP contribution in [0.25, 0.3) is 10.8 Å². The highest BCUT2D eigenvalue weighted by molar-refractivity contribution is 6.72. The molecule has 0 spiro atoms. The van der Waals surface area contributed by atoms with Crippen LogP contribution in [0.2, 0.25) is 18.6 Å². The number of aliphatic hydroxyl groups is 1. The second-order valence-electron chi connectivity index (χ2n) is 11.5. The molecule has 6 rings (SSSR count). The first-order chi connectivity index (χ1) is 19.7. The lowest BCUT2D eigenvalue weighted by molar-refractivity contribution is -0.0242. The molecule has 0 bridgehead atoms. The largest absolute Gasteiger partial charge is 0.490 e. The molecule has 1 amide bonds. The van der Waals surface area contributed by atoms with Gasteiger partial charge in [-0.15, -0.1) is 5.10 Å². The van der Waals surface area contributed by atoms with Gasteiger partial charge in [0.1, 0.15) is 11.9 Å². The van der Waals surface area contributed by atoms with Gasteiger partial charge in [-0.05, 0) is 55.2 Å². The Morgan fingerprint density at radius 3 is 2.68 bits per heavy atom. The van der Waals surface area contributed by atoms with Gasteiger partial charge in [-0.3, -0.25) is 14.4 Å². The fraction of sp³-hybridized carbons (Fsp3) is 0.387. The Balaban J connectivity index is 1.30. The minimum Gasteiger partial charge on any atom is -0.490 e. The van der Waals surface area contributed by atoms with E-state index in [9.17, 15) is 9.90 Å². The van der Waals surface area contributed by atoms with Gasteiger partial charge in [0.25, 0.3) is 5.91 Å². The second-order valence-corrected chi connectivity index (χ2v) is 15.4. The molecule has 214 valence electrons. The van der Waals surface area contributed by atoms with Crippen LogP contribution in [-0.2, 0) is 17.7 Å². The number of amides is 1. The number of fused-ring (bicyclic) bond motifs is 1. The average molecular weight is 575 g/mol. The van der Waals surface area contributed by atoms with Crippen LogP contribution < -0.4 is 9.64 Å². The summed E-state index contributed by atoms with van der Waals surface area (Å²) in [4.78, 5) is 15.3. The Morgan fingerprint density at radius 2 is 1.95 bits per heavy atom. The van der Waals surface area contributed by atoms with Crippen molar-refractivity contribution in [2.45, 2.75) is 57.2 Å². The summed E-state index contributed by atoms with van der Waals surface area (Å²) < 4.78 is 30.2. The Kier molecular flexibility index (Phi) is 7.17. The highest BCUT2D eigenvalue weighted by atomic mass is 28.4. The molecule has 0 saturated heterocycles. The number of hydrogen-bond acceptors (Lipinski definition) is 6. The highest BCUT2D eigenvalue weighted by Gasteiger charge is 2.47. The van der Waals surface area contributed by atoms with E-state index in [0.29, 0.717) is 36.4 Å². The molecule has 1 N–H and O–H groups in total. The number of halogens is 1. The van der Waals surface area contributed by atoms with Gasteiger partial charge < -0.3 is 18.7 Å². The van der Waals surface area contributed by atoms with Crippen molar-refractivity contribution in [3.05, 3.63) is 77.6 Å². The fourth-order valence-electron chi connectivity index (χ4n) is 6.52. The van der Waals surface area contributed by atoms with Crippen LogP contribution >= 0.6 is 0 Å². The molecule has 4 atom stereocenters. The lowest BCUT2D eigenvalue weighted by Gasteiger charge is -2.43. The minimum absolute atomic E-state index is 0.00718. The maximum atomic E-state index is 15.9. The summed E-state index contributed by atoms with van der Waals surface area (Å²) in [6, 6.07) is 17.5. The monoisotopic (exact) mass is 574 g/mol. The van der Waals surface area contributed by atoms with Gasteiger partial charge in [-0.2, -0.15) is 0 Å². The number of aryl methyl sites for hydroxylation is 1. The van der Waals surface area contributed by atoms with E-state index >= 15 is 4.11 Å². The first-order valence-corrected chi connectivity index (χ1v) is 17.0. The average Bonchev–Trinajstić information content (AvgIpc) is 3.51. The molecule has 0 saturated carbocycles. The van der Waals surface area contributed by atoms with Crippen LogP contribution in [0.4, 0.5) is 15.5 Å². The molecule has 2 aliphatic heterocycles. The van der Waals surface area contributed by atoms with Gasteiger partial charge in [-0.1, -0.05) is 36.4 Å². The number of benzene rings is 3. The van der Waals surface area contributed by atoms with Crippen molar-refractivity contribution in [3.8, 4) is 5.75 Å². The summed E-state index contributed by atoms with van der Waals surface area (Å²) in [5.41, 5.74) is 3.55. The van der Waals surface area contributed by atoms with Gasteiger partial charge in [-0.25, -0.2) is 0 Å². The van der Waals surface area contributed by atoms with E-state index in [0.717, 1.165) is 27.7 Å². The smallest absolute Gasteiger partial charge is 0.263 e. The predicted molar refractivity (Wildman–Crippen MR) is 158 cm³/mol. The van der Waals surface area contributed by atoms with E-state index in [1.165, 1.54) is 0 Å². The SMILES string of the molecule is CO[C@H]1c2cc(N3C(=O)c4cccc5cccc3c45)ccc2O[C@@H](C(CCn2cc(CCO)nn2)[Si](C)(C)F)[C@@H]1C. The fourth-order valence-corrected chi connectivity index (χ4v) is 8.49. The van der Waals surface area contributed by atoms with Crippen molar-refractivity contribution < 1.29 is 23.5 Å². The van der Waals surface area contributed by atoms with E-state index in [1.807, 2.05) is 61.5 Å². The molecule has 0 radical (unpaired) electrons. The van der Waals surface area contributed by atoms with Crippen LogP contribution in [0.5, 0.6) is 5.75 Å². The number of aromatic nitrogens is 3. The van der Waals surface area contributed by atoms with Crippen LogP contribution in [0.1, 0.15) is 41.1 Å². The molecule has 10 heteroatoms.